The van der Waals surface area contributed by atoms with Gasteiger partial charge in [0.2, 0.25) is 0 Å². The minimum Gasteiger partial charge on any atom is -0.465 e. The first kappa shape index (κ1) is 16.4. The van der Waals surface area contributed by atoms with E-state index in [2.05, 4.69) is 6.58 Å². The van der Waals surface area contributed by atoms with Gasteiger partial charge in [-0.05, 0) is 25.0 Å². The molecule has 4 unspecified atom stereocenters. The van der Waals surface area contributed by atoms with E-state index in [1.807, 2.05) is 6.07 Å². The number of rotatable bonds is 6. The van der Waals surface area contributed by atoms with Crippen LogP contribution in [0.5, 0.6) is 0 Å². The van der Waals surface area contributed by atoms with E-state index in [0.717, 1.165) is 0 Å². The van der Waals surface area contributed by atoms with Gasteiger partial charge in [0.1, 0.15) is 5.78 Å². The van der Waals surface area contributed by atoms with Gasteiger partial charge in [0, 0.05) is 18.3 Å². The predicted octanol–water partition coefficient (Wildman–Crippen LogP) is 2.41. The van der Waals surface area contributed by atoms with Crippen LogP contribution in [0.2, 0.25) is 0 Å². The van der Waals surface area contributed by atoms with Gasteiger partial charge in [-0.3, -0.25) is 9.59 Å². The quantitative estimate of drug-likeness (QED) is 0.592. The summed E-state index contributed by atoms with van der Waals surface area (Å²) >= 11 is 0. The third-order valence-corrected chi connectivity index (χ3v) is 5.04. The Morgan fingerprint density at radius 1 is 1.29 bits per heavy atom. The topological polar surface area (TPSA) is 69.7 Å². The molecule has 0 heterocycles. The molecule has 0 aliphatic heterocycles. The highest BCUT2D eigenvalue weighted by Crippen LogP contribution is 2.69. The third-order valence-electron chi connectivity index (χ3n) is 5.04. The number of benzene rings is 1. The van der Waals surface area contributed by atoms with E-state index in [1.165, 1.54) is 6.08 Å². The van der Waals surface area contributed by atoms with E-state index < -0.39 is 17.4 Å². The Bertz CT molecular complexity index is 680. The number of esters is 2. The van der Waals surface area contributed by atoms with Gasteiger partial charge < -0.3 is 9.47 Å². The molecule has 2 aliphatic rings. The highest BCUT2D eigenvalue weighted by atomic mass is 16.5. The number of ether oxygens (including phenoxy) is 2. The van der Waals surface area contributed by atoms with Crippen molar-refractivity contribution in [2.75, 3.05) is 13.2 Å². The summed E-state index contributed by atoms with van der Waals surface area (Å²) in [5.41, 5.74) is -0.468. The smallest absolute Gasteiger partial charge is 0.338 e. The lowest BCUT2D eigenvalue weighted by Gasteiger charge is -2.19. The largest absolute Gasteiger partial charge is 0.465 e. The average Bonchev–Trinajstić information content (AvgIpc) is 3.18. The van der Waals surface area contributed by atoms with Gasteiger partial charge in [0.25, 0.3) is 0 Å². The molecule has 4 atom stereocenters. The Balaban J connectivity index is 1.68. The molecule has 126 valence electrons. The Labute approximate surface area is 140 Å². The van der Waals surface area contributed by atoms with Crippen molar-refractivity contribution < 1.29 is 23.9 Å². The van der Waals surface area contributed by atoms with Crippen LogP contribution < -0.4 is 0 Å². The van der Waals surface area contributed by atoms with Crippen LogP contribution in [0.15, 0.2) is 43.0 Å². The molecular weight excluding hydrogens is 308 g/mol. The molecule has 24 heavy (non-hydrogen) atoms. The second-order valence-electron chi connectivity index (χ2n) is 6.26. The molecule has 0 spiro atoms. The van der Waals surface area contributed by atoms with Crippen LogP contribution in [0.4, 0.5) is 0 Å². The van der Waals surface area contributed by atoms with Gasteiger partial charge in [-0.1, -0.05) is 24.3 Å². The molecule has 0 saturated heterocycles. The van der Waals surface area contributed by atoms with Crippen molar-refractivity contribution in [2.45, 2.75) is 13.3 Å². The molecule has 0 bridgehead atoms. The molecule has 2 fully saturated rings. The second kappa shape index (κ2) is 6.23. The Hall–Kier alpha value is -2.43. The Kier molecular flexibility index (Phi) is 4.26. The van der Waals surface area contributed by atoms with Gasteiger partial charge in [0.15, 0.2) is 0 Å². The summed E-state index contributed by atoms with van der Waals surface area (Å²) < 4.78 is 10.5. The van der Waals surface area contributed by atoms with Crippen molar-refractivity contribution in [2.24, 2.45) is 23.2 Å². The summed E-state index contributed by atoms with van der Waals surface area (Å²) in [6.07, 6.45) is 1.86. The van der Waals surface area contributed by atoms with Crippen molar-refractivity contribution in [3.8, 4) is 0 Å². The molecule has 0 N–H and O–H groups in total. The SMILES string of the molecule is C=CC1(C(=O)OCC)C2C(=O)CC(COC(=O)c3ccccc3)C21. The van der Waals surface area contributed by atoms with Crippen LogP contribution in [0.3, 0.4) is 0 Å². The molecule has 1 aromatic rings. The maximum atomic E-state index is 12.3. The Morgan fingerprint density at radius 3 is 2.62 bits per heavy atom. The van der Waals surface area contributed by atoms with Gasteiger partial charge in [0.05, 0.1) is 24.2 Å². The van der Waals surface area contributed by atoms with Crippen LogP contribution in [0.1, 0.15) is 23.7 Å². The van der Waals surface area contributed by atoms with E-state index in [-0.39, 0.29) is 36.8 Å². The first-order chi connectivity index (χ1) is 11.6. The zero-order valence-electron chi connectivity index (χ0n) is 13.6. The van der Waals surface area contributed by atoms with Crippen molar-refractivity contribution in [1.82, 2.24) is 0 Å². The fraction of sp³-hybridized carbons (Fsp3) is 0.421. The molecule has 2 saturated carbocycles. The fourth-order valence-corrected chi connectivity index (χ4v) is 3.94. The first-order valence-electron chi connectivity index (χ1n) is 8.12. The standard InChI is InChI=1S/C19H20O5/c1-3-19(18(22)23-4-2)15-13(10-14(20)16(15)19)11-24-17(21)12-8-6-5-7-9-12/h3,5-9,13,15-16H,1,4,10-11H2,2H3. The van der Waals surface area contributed by atoms with E-state index in [1.54, 1.807) is 31.2 Å². The highest BCUT2D eigenvalue weighted by Gasteiger charge is 2.77. The normalized spacial score (nSPS) is 30.4. The summed E-state index contributed by atoms with van der Waals surface area (Å²) in [7, 11) is 0. The molecule has 0 radical (unpaired) electrons. The number of carbonyl (C=O) groups is 3. The summed E-state index contributed by atoms with van der Waals surface area (Å²) in [4.78, 5) is 36.5. The van der Waals surface area contributed by atoms with Crippen LogP contribution in [0, 0.1) is 23.2 Å². The van der Waals surface area contributed by atoms with Crippen LogP contribution in [-0.2, 0) is 19.1 Å². The van der Waals surface area contributed by atoms with Crippen LogP contribution in [0.25, 0.3) is 0 Å². The summed E-state index contributed by atoms with van der Waals surface area (Å²) in [6, 6.07) is 8.69. The monoisotopic (exact) mass is 328 g/mol. The number of fused-ring (bicyclic) bond motifs is 1. The number of Topliss-reactive ketones (excluding diaryl/α,β-unsaturated/α-hetero) is 1. The molecular formula is C19H20O5. The van der Waals surface area contributed by atoms with Crippen molar-refractivity contribution >= 4 is 17.7 Å². The number of hydrogen-bond acceptors (Lipinski definition) is 5. The van der Waals surface area contributed by atoms with Crippen LogP contribution >= 0.6 is 0 Å². The number of carbonyl (C=O) groups excluding carboxylic acids is 3. The van der Waals surface area contributed by atoms with E-state index in [9.17, 15) is 14.4 Å². The van der Waals surface area contributed by atoms with E-state index >= 15 is 0 Å². The lowest BCUT2D eigenvalue weighted by molar-refractivity contribution is -0.150. The first-order valence-corrected chi connectivity index (χ1v) is 8.12. The minimum atomic E-state index is -0.935. The molecule has 3 rings (SSSR count). The average molecular weight is 328 g/mol. The second-order valence-corrected chi connectivity index (χ2v) is 6.26. The summed E-state index contributed by atoms with van der Waals surface area (Å²) in [6.45, 7) is 5.84. The molecule has 1 aromatic carbocycles. The van der Waals surface area contributed by atoms with E-state index in [4.69, 9.17) is 9.47 Å². The zero-order chi connectivity index (χ0) is 17.3. The lowest BCUT2D eigenvalue weighted by atomic mass is 9.89. The zero-order valence-corrected chi connectivity index (χ0v) is 13.6. The highest BCUT2D eigenvalue weighted by molar-refractivity contribution is 5.99. The molecule has 2 aliphatic carbocycles. The lowest BCUT2D eigenvalue weighted by Crippen LogP contribution is -2.28. The van der Waals surface area contributed by atoms with Gasteiger partial charge in [-0.15, -0.1) is 6.58 Å². The minimum absolute atomic E-state index is 0.0220. The van der Waals surface area contributed by atoms with Crippen molar-refractivity contribution in [1.29, 1.82) is 0 Å². The molecule has 0 amide bonds. The number of ketones is 1. The maximum Gasteiger partial charge on any atom is 0.338 e. The number of hydrogen-bond donors (Lipinski definition) is 0. The van der Waals surface area contributed by atoms with Crippen molar-refractivity contribution in [3.05, 3.63) is 48.6 Å². The van der Waals surface area contributed by atoms with E-state index in [0.29, 0.717) is 12.0 Å². The van der Waals surface area contributed by atoms with Gasteiger partial charge in [-0.2, -0.15) is 0 Å². The summed E-state index contributed by atoms with van der Waals surface area (Å²) in [5, 5.41) is 0. The van der Waals surface area contributed by atoms with Gasteiger partial charge >= 0.3 is 11.9 Å². The fourth-order valence-electron chi connectivity index (χ4n) is 3.94. The Morgan fingerprint density at radius 2 is 2.00 bits per heavy atom. The predicted molar refractivity (Wildman–Crippen MR) is 86.1 cm³/mol. The molecule has 5 nitrogen and oxygen atoms in total. The third kappa shape index (κ3) is 2.44. The summed E-state index contributed by atoms with van der Waals surface area (Å²) in [5.74, 6) is -1.53. The molecule has 0 aromatic heterocycles. The van der Waals surface area contributed by atoms with Gasteiger partial charge in [-0.25, -0.2) is 4.79 Å². The molecule has 5 heteroatoms. The van der Waals surface area contributed by atoms with Crippen LogP contribution in [-0.4, -0.2) is 30.9 Å². The van der Waals surface area contributed by atoms with Crippen molar-refractivity contribution in [3.63, 3.8) is 0 Å². The maximum absolute atomic E-state index is 12.3.